The molecular weight excluding hydrogens is 303 g/mol. The van der Waals surface area contributed by atoms with Crippen LogP contribution in [0.15, 0.2) is 34.9 Å². The first-order valence-electron chi connectivity index (χ1n) is 5.75. The van der Waals surface area contributed by atoms with Crippen molar-refractivity contribution in [3.8, 4) is 0 Å². The van der Waals surface area contributed by atoms with E-state index in [1.807, 2.05) is 22.8 Å². The fourth-order valence-corrected chi connectivity index (χ4v) is 2.67. The molecule has 6 heteroatoms. The third kappa shape index (κ3) is 2.43. The molecule has 2 aromatic heterocycles. The second-order valence-electron chi connectivity index (χ2n) is 4.19. The monoisotopic (exact) mass is 312 g/mol. The van der Waals surface area contributed by atoms with Crippen molar-refractivity contribution >= 4 is 46.5 Å². The van der Waals surface area contributed by atoms with Crippen molar-refractivity contribution in [2.75, 3.05) is 0 Å². The van der Waals surface area contributed by atoms with Crippen LogP contribution in [0, 0.1) is 4.77 Å². The van der Waals surface area contributed by atoms with E-state index in [1.165, 1.54) is 0 Å². The van der Waals surface area contributed by atoms with Crippen LogP contribution in [-0.2, 0) is 13.0 Å². The number of aromatic amines is 1. The summed E-state index contributed by atoms with van der Waals surface area (Å²) < 4.78 is 7.97. The molecule has 1 N–H and O–H groups in total. The SMILES string of the molecule is S=c1[nH]c2cc(Cl)c(Cl)cc2n1CCc1ccco1. The van der Waals surface area contributed by atoms with Gasteiger partial charge in [0.05, 0.1) is 27.3 Å². The van der Waals surface area contributed by atoms with Crippen LogP contribution in [0.1, 0.15) is 5.76 Å². The molecule has 19 heavy (non-hydrogen) atoms. The van der Waals surface area contributed by atoms with Crippen LogP contribution in [0.5, 0.6) is 0 Å². The molecule has 0 spiro atoms. The van der Waals surface area contributed by atoms with Gasteiger partial charge in [-0.15, -0.1) is 0 Å². The number of hydrogen-bond acceptors (Lipinski definition) is 2. The van der Waals surface area contributed by atoms with E-state index in [0.29, 0.717) is 14.8 Å². The van der Waals surface area contributed by atoms with Crippen molar-refractivity contribution in [1.82, 2.24) is 9.55 Å². The average molecular weight is 313 g/mol. The molecule has 0 aliphatic carbocycles. The molecule has 0 aliphatic rings. The molecule has 0 radical (unpaired) electrons. The van der Waals surface area contributed by atoms with Crippen molar-refractivity contribution in [3.63, 3.8) is 0 Å². The number of aryl methyl sites for hydroxylation is 2. The van der Waals surface area contributed by atoms with E-state index in [9.17, 15) is 0 Å². The number of fused-ring (bicyclic) bond motifs is 1. The molecule has 2 heterocycles. The number of imidazole rings is 1. The Balaban J connectivity index is 2.00. The number of rotatable bonds is 3. The minimum Gasteiger partial charge on any atom is -0.469 e. The van der Waals surface area contributed by atoms with Crippen molar-refractivity contribution in [1.29, 1.82) is 0 Å². The van der Waals surface area contributed by atoms with Gasteiger partial charge in [-0.05, 0) is 36.5 Å². The molecule has 1 aromatic carbocycles. The van der Waals surface area contributed by atoms with Gasteiger partial charge in [0.1, 0.15) is 5.76 Å². The highest BCUT2D eigenvalue weighted by Crippen LogP contribution is 2.27. The summed E-state index contributed by atoms with van der Waals surface area (Å²) in [6, 6.07) is 7.44. The largest absolute Gasteiger partial charge is 0.469 e. The van der Waals surface area contributed by atoms with Crippen molar-refractivity contribution in [2.45, 2.75) is 13.0 Å². The first-order valence-corrected chi connectivity index (χ1v) is 6.91. The Morgan fingerprint density at radius 2 is 2.05 bits per heavy atom. The maximum atomic E-state index is 6.06. The summed E-state index contributed by atoms with van der Waals surface area (Å²) in [5, 5.41) is 1.04. The predicted octanol–water partition coefficient (Wildman–Crippen LogP) is 4.84. The lowest BCUT2D eigenvalue weighted by Crippen LogP contribution is -2.00. The van der Waals surface area contributed by atoms with E-state index in [0.717, 1.165) is 29.8 Å². The number of furan rings is 1. The normalized spacial score (nSPS) is 11.3. The number of aromatic nitrogens is 2. The first kappa shape index (κ1) is 12.8. The zero-order valence-electron chi connectivity index (χ0n) is 9.82. The van der Waals surface area contributed by atoms with E-state index >= 15 is 0 Å². The van der Waals surface area contributed by atoms with Crippen LogP contribution in [0.2, 0.25) is 10.0 Å². The molecule has 98 valence electrons. The van der Waals surface area contributed by atoms with Crippen LogP contribution in [0.4, 0.5) is 0 Å². The van der Waals surface area contributed by atoms with Crippen molar-refractivity contribution in [3.05, 3.63) is 51.1 Å². The molecule has 0 saturated heterocycles. The zero-order valence-corrected chi connectivity index (χ0v) is 12.1. The third-order valence-corrected chi connectivity index (χ3v) is 4.02. The highest BCUT2D eigenvalue weighted by Gasteiger charge is 2.08. The van der Waals surface area contributed by atoms with Crippen molar-refractivity contribution < 1.29 is 4.42 Å². The van der Waals surface area contributed by atoms with Crippen LogP contribution in [0.25, 0.3) is 11.0 Å². The van der Waals surface area contributed by atoms with Crippen LogP contribution >= 0.6 is 35.4 Å². The summed E-state index contributed by atoms with van der Waals surface area (Å²) in [6.45, 7) is 0.726. The fraction of sp³-hybridized carbons (Fsp3) is 0.154. The lowest BCUT2D eigenvalue weighted by molar-refractivity contribution is 0.492. The van der Waals surface area contributed by atoms with E-state index in [2.05, 4.69) is 4.98 Å². The summed E-state index contributed by atoms with van der Waals surface area (Å²) in [7, 11) is 0. The van der Waals surface area contributed by atoms with E-state index in [1.54, 1.807) is 12.3 Å². The predicted molar refractivity (Wildman–Crippen MR) is 79.6 cm³/mol. The summed E-state index contributed by atoms with van der Waals surface area (Å²) in [5.41, 5.74) is 1.84. The van der Waals surface area contributed by atoms with E-state index in [4.69, 9.17) is 39.8 Å². The maximum Gasteiger partial charge on any atom is 0.178 e. The zero-order chi connectivity index (χ0) is 13.4. The lowest BCUT2D eigenvalue weighted by atomic mass is 10.3. The van der Waals surface area contributed by atoms with Crippen LogP contribution in [0.3, 0.4) is 0 Å². The van der Waals surface area contributed by atoms with Gasteiger partial charge in [0, 0.05) is 13.0 Å². The molecule has 3 aromatic rings. The van der Waals surface area contributed by atoms with Gasteiger partial charge in [-0.3, -0.25) is 0 Å². The smallest absolute Gasteiger partial charge is 0.178 e. The maximum absolute atomic E-state index is 6.06. The molecule has 0 amide bonds. The molecule has 0 saturated carbocycles. The van der Waals surface area contributed by atoms with Crippen molar-refractivity contribution in [2.24, 2.45) is 0 Å². The number of benzene rings is 1. The molecule has 0 unspecified atom stereocenters. The number of H-pyrrole nitrogens is 1. The van der Waals surface area contributed by atoms with Gasteiger partial charge in [-0.1, -0.05) is 23.2 Å². The molecule has 0 aliphatic heterocycles. The molecule has 3 rings (SSSR count). The van der Waals surface area contributed by atoms with Gasteiger partial charge in [-0.25, -0.2) is 0 Å². The van der Waals surface area contributed by atoms with Gasteiger partial charge in [0.25, 0.3) is 0 Å². The first-order chi connectivity index (χ1) is 9.15. The van der Waals surface area contributed by atoms with Gasteiger partial charge in [0.15, 0.2) is 4.77 Å². The standard InChI is InChI=1S/C13H10Cl2N2OS/c14-9-6-11-12(7-10(9)15)17(13(19)16-11)4-3-8-2-1-5-18-8/h1-2,5-7H,3-4H2,(H,16,19). The van der Waals surface area contributed by atoms with Gasteiger partial charge < -0.3 is 14.0 Å². The van der Waals surface area contributed by atoms with Crippen LogP contribution < -0.4 is 0 Å². The Kier molecular flexibility index (Phi) is 3.39. The Morgan fingerprint density at radius 1 is 1.26 bits per heavy atom. The Labute approximate surface area is 124 Å². The Bertz CT molecular complexity index is 774. The van der Waals surface area contributed by atoms with Gasteiger partial charge in [0.2, 0.25) is 0 Å². The summed E-state index contributed by atoms with van der Waals surface area (Å²) in [6.07, 6.45) is 2.44. The number of hydrogen-bond donors (Lipinski definition) is 1. The molecule has 0 atom stereocenters. The molecule has 0 fully saturated rings. The number of nitrogens with zero attached hydrogens (tertiary/aromatic N) is 1. The Morgan fingerprint density at radius 3 is 2.79 bits per heavy atom. The minimum atomic E-state index is 0.517. The fourth-order valence-electron chi connectivity index (χ4n) is 2.05. The molecular formula is C13H10Cl2N2OS. The minimum absolute atomic E-state index is 0.517. The molecule has 0 bridgehead atoms. The highest BCUT2D eigenvalue weighted by molar-refractivity contribution is 7.71. The quantitative estimate of drug-likeness (QED) is 0.702. The third-order valence-electron chi connectivity index (χ3n) is 2.98. The van der Waals surface area contributed by atoms with Gasteiger partial charge in [-0.2, -0.15) is 0 Å². The molecule has 3 nitrogen and oxygen atoms in total. The lowest BCUT2D eigenvalue weighted by Gasteiger charge is -2.04. The van der Waals surface area contributed by atoms with Crippen LogP contribution in [-0.4, -0.2) is 9.55 Å². The second-order valence-corrected chi connectivity index (χ2v) is 5.40. The number of halogens is 2. The average Bonchev–Trinajstić information content (AvgIpc) is 2.96. The summed E-state index contributed by atoms with van der Waals surface area (Å²) >= 11 is 17.4. The number of nitrogens with one attached hydrogen (secondary N) is 1. The van der Waals surface area contributed by atoms with E-state index in [-0.39, 0.29) is 0 Å². The Hall–Kier alpha value is -1.23. The second kappa shape index (κ2) is 5.04. The highest BCUT2D eigenvalue weighted by atomic mass is 35.5. The summed E-state index contributed by atoms with van der Waals surface area (Å²) in [5.74, 6) is 0.927. The summed E-state index contributed by atoms with van der Waals surface area (Å²) in [4.78, 5) is 3.13. The van der Waals surface area contributed by atoms with E-state index < -0.39 is 0 Å². The van der Waals surface area contributed by atoms with Gasteiger partial charge >= 0.3 is 0 Å². The topological polar surface area (TPSA) is 33.9 Å².